The van der Waals surface area contributed by atoms with Crippen LogP contribution in [0.2, 0.25) is 0 Å². The highest BCUT2D eigenvalue weighted by Crippen LogP contribution is 2.26. The molecule has 1 aliphatic rings. The molecule has 0 bridgehead atoms. The average Bonchev–Trinajstić information content (AvgIpc) is 2.28. The van der Waals surface area contributed by atoms with E-state index in [9.17, 15) is 9.18 Å². The maximum Gasteiger partial charge on any atom is 0.340 e. The zero-order chi connectivity index (χ0) is 13.3. The van der Waals surface area contributed by atoms with Crippen LogP contribution in [0.25, 0.3) is 0 Å². The second-order valence-electron chi connectivity index (χ2n) is 4.74. The van der Waals surface area contributed by atoms with Crippen molar-refractivity contribution in [2.75, 3.05) is 31.6 Å². The summed E-state index contributed by atoms with van der Waals surface area (Å²) in [4.78, 5) is 15.3. The lowest BCUT2D eigenvalue weighted by Gasteiger charge is -2.40. The number of aromatic carboxylic acids is 1. The number of piperazine rings is 1. The van der Waals surface area contributed by atoms with Gasteiger partial charge >= 0.3 is 5.97 Å². The summed E-state index contributed by atoms with van der Waals surface area (Å²) in [6.07, 6.45) is 0. The summed E-state index contributed by atoms with van der Waals surface area (Å²) < 4.78 is 13.6. The van der Waals surface area contributed by atoms with Crippen molar-refractivity contribution in [2.24, 2.45) is 0 Å². The Morgan fingerprint density at radius 2 is 2.17 bits per heavy atom. The highest BCUT2D eigenvalue weighted by molar-refractivity contribution is 5.94. The summed E-state index contributed by atoms with van der Waals surface area (Å²) in [5.74, 6) is -1.89. The quantitative estimate of drug-likeness (QED) is 0.869. The molecule has 1 aromatic carbocycles. The number of hydrogen-bond donors (Lipinski definition) is 1. The summed E-state index contributed by atoms with van der Waals surface area (Å²) in [5, 5.41) is 9.14. The number of hydrogen-bond acceptors (Lipinski definition) is 3. The summed E-state index contributed by atoms with van der Waals surface area (Å²) in [6.45, 7) is 4.42. The Kier molecular flexibility index (Phi) is 3.52. The summed E-state index contributed by atoms with van der Waals surface area (Å²) in [5.41, 5.74) is 0.247. The molecule has 1 heterocycles. The Hall–Kier alpha value is -1.62. The van der Waals surface area contributed by atoms with Gasteiger partial charge in [-0.2, -0.15) is 0 Å². The SMILES string of the molecule is CC1CN(C)CCN1c1cccc(F)c1C(=O)O. The number of rotatable bonds is 2. The first-order chi connectivity index (χ1) is 8.50. The standard InChI is InChI=1S/C13H17FN2O2/c1-9-8-15(2)6-7-16(9)11-5-3-4-10(14)12(11)13(17)18/h3-5,9H,6-8H2,1-2H3,(H,17,18). The van der Waals surface area contributed by atoms with E-state index in [0.29, 0.717) is 12.2 Å². The molecule has 0 spiro atoms. The molecule has 0 amide bonds. The van der Waals surface area contributed by atoms with E-state index in [1.54, 1.807) is 12.1 Å². The Bertz CT molecular complexity index is 464. The van der Waals surface area contributed by atoms with Gasteiger partial charge in [0.05, 0.1) is 5.69 Å². The minimum Gasteiger partial charge on any atom is -0.478 e. The number of benzene rings is 1. The molecule has 5 heteroatoms. The van der Waals surface area contributed by atoms with Gasteiger partial charge in [-0.05, 0) is 26.1 Å². The zero-order valence-electron chi connectivity index (χ0n) is 10.6. The van der Waals surface area contributed by atoms with Gasteiger partial charge in [-0.15, -0.1) is 0 Å². The summed E-state index contributed by atoms with van der Waals surface area (Å²) >= 11 is 0. The van der Waals surface area contributed by atoms with E-state index in [1.165, 1.54) is 6.07 Å². The molecule has 0 saturated carbocycles. The molecule has 0 aromatic heterocycles. The fourth-order valence-electron chi connectivity index (χ4n) is 2.46. The lowest BCUT2D eigenvalue weighted by Crippen LogP contribution is -2.51. The molecule has 1 fully saturated rings. The van der Waals surface area contributed by atoms with Gasteiger partial charge in [-0.25, -0.2) is 9.18 Å². The number of carboxylic acid groups (broad SMARTS) is 1. The van der Waals surface area contributed by atoms with Crippen LogP contribution in [0.4, 0.5) is 10.1 Å². The van der Waals surface area contributed by atoms with Crippen LogP contribution in [0.5, 0.6) is 0 Å². The van der Waals surface area contributed by atoms with E-state index < -0.39 is 11.8 Å². The first-order valence-corrected chi connectivity index (χ1v) is 5.97. The van der Waals surface area contributed by atoms with E-state index in [0.717, 1.165) is 13.1 Å². The lowest BCUT2D eigenvalue weighted by molar-refractivity contribution is 0.0692. The highest BCUT2D eigenvalue weighted by Gasteiger charge is 2.26. The van der Waals surface area contributed by atoms with Gasteiger partial charge in [0.15, 0.2) is 0 Å². The molecule has 1 unspecified atom stereocenters. The van der Waals surface area contributed by atoms with Crippen molar-refractivity contribution in [2.45, 2.75) is 13.0 Å². The molecule has 1 saturated heterocycles. The van der Waals surface area contributed by atoms with Gasteiger partial charge < -0.3 is 14.9 Å². The maximum atomic E-state index is 13.6. The van der Waals surface area contributed by atoms with Crippen molar-refractivity contribution < 1.29 is 14.3 Å². The Labute approximate surface area is 106 Å². The molecule has 1 aliphatic heterocycles. The van der Waals surface area contributed by atoms with Crippen molar-refractivity contribution in [1.82, 2.24) is 4.90 Å². The van der Waals surface area contributed by atoms with Crippen molar-refractivity contribution in [1.29, 1.82) is 0 Å². The van der Waals surface area contributed by atoms with Gasteiger partial charge in [0.25, 0.3) is 0 Å². The van der Waals surface area contributed by atoms with E-state index in [2.05, 4.69) is 4.90 Å². The van der Waals surface area contributed by atoms with Crippen LogP contribution in [0.15, 0.2) is 18.2 Å². The van der Waals surface area contributed by atoms with Crippen molar-refractivity contribution in [3.63, 3.8) is 0 Å². The van der Waals surface area contributed by atoms with Gasteiger partial charge in [-0.3, -0.25) is 0 Å². The van der Waals surface area contributed by atoms with Crippen LogP contribution < -0.4 is 4.90 Å². The molecule has 98 valence electrons. The lowest BCUT2D eigenvalue weighted by atomic mass is 10.1. The number of anilines is 1. The Balaban J connectivity index is 2.39. The van der Waals surface area contributed by atoms with Gasteiger partial charge in [0.2, 0.25) is 0 Å². The van der Waals surface area contributed by atoms with Crippen LogP contribution in [0.1, 0.15) is 17.3 Å². The zero-order valence-corrected chi connectivity index (χ0v) is 10.6. The second-order valence-corrected chi connectivity index (χ2v) is 4.74. The fourth-order valence-corrected chi connectivity index (χ4v) is 2.46. The molecule has 1 aromatic rings. The van der Waals surface area contributed by atoms with Crippen LogP contribution in [0.3, 0.4) is 0 Å². The number of carboxylic acids is 1. The molecular weight excluding hydrogens is 235 g/mol. The van der Waals surface area contributed by atoms with E-state index in [-0.39, 0.29) is 11.6 Å². The largest absolute Gasteiger partial charge is 0.478 e. The molecule has 1 atom stereocenters. The van der Waals surface area contributed by atoms with Crippen LogP contribution in [-0.4, -0.2) is 48.7 Å². The smallest absolute Gasteiger partial charge is 0.340 e. The third-order valence-corrected chi connectivity index (χ3v) is 3.35. The molecule has 4 nitrogen and oxygen atoms in total. The topological polar surface area (TPSA) is 43.8 Å². The number of carbonyl (C=O) groups is 1. The second kappa shape index (κ2) is 4.94. The van der Waals surface area contributed by atoms with E-state index in [1.807, 2.05) is 18.9 Å². The molecule has 2 rings (SSSR count). The van der Waals surface area contributed by atoms with Gasteiger partial charge in [0, 0.05) is 25.7 Å². The normalized spacial score (nSPS) is 21.1. The van der Waals surface area contributed by atoms with E-state index >= 15 is 0 Å². The highest BCUT2D eigenvalue weighted by atomic mass is 19.1. The predicted octanol–water partition coefficient (Wildman–Crippen LogP) is 1.66. The number of halogens is 1. The number of likely N-dealkylation sites (N-methyl/N-ethyl adjacent to an activating group) is 1. The Morgan fingerprint density at radius 1 is 1.44 bits per heavy atom. The predicted molar refractivity (Wildman–Crippen MR) is 67.7 cm³/mol. The molecule has 18 heavy (non-hydrogen) atoms. The van der Waals surface area contributed by atoms with Crippen molar-refractivity contribution in [3.05, 3.63) is 29.6 Å². The summed E-state index contributed by atoms with van der Waals surface area (Å²) in [7, 11) is 2.03. The average molecular weight is 252 g/mol. The molecular formula is C13H17FN2O2. The molecule has 0 aliphatic carbocycles. The van der Waals surface area contributed by atoms with Crippen molar-refractivity contribution >= 4 is 11.7 Å². The molecule has 0 radical (unpaired) electrons. The van der Waals surface area contributed by atoms with Crippen LogP contribution in [0, 0.1) is 5.82 Å². The molecule has 1 N–H and O–H groups in total. The van der Waals surface area contributed by atoms with Gasteiger partial charge in [0.1, 0.15) is 11.4 Å². The maximum absolute atomic E-state index is 13.6. The Morgan fingerprint density at radius 3 is 2.78 bits per heavy atom. The van der Waals surface area contributed by atoms with E-state index in [4.69, 9.17) is 5.11 Å². The fraction of sp³-hybridized carbons (Fsp3) is 0.462. The third kappa shape index (κ3) is 2.31. The first-order valence-electron chi connectivity index (χ1n) is 5.97. The monoisotopic (exact) mass is 252 g/mol. The third-order valence-electron chi connectivity index (χ3n) is 3.35. The summed E-state index contributed by atoms with van der Waals surface area (Å²) in [6, 6.07) is 4.59. The minimum atomic E-state index is -1.21. The first kappa shape index (κ1) is 12.8. The number of nitrogens with zero attached hydrogens (tertiary/aromatic N) is 2. The van der Waals surface area contributed by atoms with Gasteiger partial charge in [-0.1, -0.05) is 6.07 Å². The van der Waals surface area contributed by atoms with Crippen LogP contribution in [-0.2, 0) is 0 Å². The minimum absolute atomic E-state index is 0.170. The van der Waals surface area contributed by atoms with Crippen molar-refractivity contribution in [3.8, 4) is 0 Å². The van der Waals surface area contributed by atoms with Crippen LogP contribution >= 0.6 is 0 Å².